The van der Waals surface area contributed by atoms with Crippen molar-refractivity contribution in [3.63, 3.8) is 0 Å². The number of hydrogen-bond acceptors (Lipinski definition) is 9. The fourth-order valence-corrected chi connectivity index (χ4v) is 7.06. The van der Waals surface area contributed by atoms with Crippen LogP contribution in [-0.2, 0) is 16.1 Å². The molecule has 2 fully saturated rings. The Labute approximate surface area is 320 Å². The molecule has 3 aliphatic heterocycles. The normalized spacial score (nSPS) is 17.4. The van der Waals surface area contributed by atoms with Crippen molar-refractivity contribution in [3.8, 4) is 28.8 Å². The molecule has 0 bridgehead atoms. The second-order valence-electron chi connectivity index (χ2n) is 13.4. The predicted molar refractivity (Wildman–Crippen MR) is 200 cm³/mol. The third-order valence-corrected chi connectivity index (χ3v) is 9.85. The Morgan fingerprint density at radius 1 is 1.04 bits per heavy atom. The minimum absolute atomic E-state index is 0.147. The average molecular weight is 771 g/mol. The highest BCUT2D eigenvalue weighted by Crippen LogP contribution is 2.32. The van der Waals surface area contributed by atoms with E-state index in [2.05, 4.69) is 47.2 Å². The van der Waals surface area contributed by atoms with Gasteiger partial charge in [-0.05, 0) is 79.9 Å². The van der Waals surface area contributed by atoms with Gasteiger partial charge in [-0.3, -0.25) is 34.5 Å². The van der Waals surface area contributed by atoms with Crippen molar-refractivity contribution in [3.05, 3.63) is 89.2 Å². The Kier molecular flexibility index (Phi) is 11.1. The number of ether oxygens (including phenoxy) is 1. The highest BCUT2D eigenvalue weighted by molar-refractivity contribution is 6.20. The number of rotatable bonds is 11. The number of carbonyl (C=O) groups excluding carboxylic acids is 4. The van der Waals surface area contributed by atoms with Gasteiger partial charge < -0.3 is 19.9 Å². The molecule has 0 spiro atoms. The first-order valence-corrected chi connectivity index (χ1v) is 18.3. The van der Waals surface area contributed by atoms with Crippen LogP contribution in [-0.4, -0.2) is 92.9 Å². The van der Waals surface area contributed by atoms with E-state index in [0.717, 1.165) is 68.1 Å². The maximum atomic E-state index is 13.1. The summed E-state index contributed by atoms with van der Waals surface area (Å²) >= 11 is 4.83. The SMILES string of the molecule is O=C1CCC(N2Cc3c(C#CCCCCN4CCN(c5ncc(C(=O)Nc6ccc(OC(F)(F)Cl)cc6)cc5-c5ccn[nH]5)CC4)cccc3C2=O)C(=O)N1. The second kappa shape index (κ2) is 16.3. The fourth-order valence-electron chi connectivity index (χ4n) is 6.97. The maximum absolute atomic E-state index is 13.1. The van der Waals surface area contributed by atoms with Crippen LogP contribution in [0.2, 0.25) is 0 Å². The molecule has 0 radical (unpaired) electrons. The summed E-state index contributed by atoms with van der Waals surface area (Å²) in [6.45, 7) is 4.37. The number of hydrogen-bond donors (Lipinski definition) is 3. The lowest BCUT2D eigenvalue weighted by Gasteiger charge is -2.36. The van der Waals surface area contributed by atoms with E-state index < -0.39 is 23.4 Å². The summed E-state index contributed by atoms with van der Waals surface area (Å²) in [7, 11) is 0. The lowest BCUT2D eigenvalue weighted by Crippen LogP contribution is -2.52. The molecule has 2 saturated heterocycles. The van der Waals surface area contributed by atoms with E-state index in [9.17, 15) is 28.0 Å². The number of anilines is 2. The number of alkyl halides is 3. The number of carbonyl (C=O) groups is 4. The number of pyridine rings is 1. The Hall–Kier alpha value is -5.85. The van der Waals surface area contributed by atoms with Crippen LogP contribution in [0.15, 0.2) is 67.0 Å². The molecule has 3 N–H and O–H groups in total. The van der Waals surface area contributed by atoms with Gasteiger partial charge in [-0.2, -0.15) is 5.10 Å². The molecule has 2 aromatic carbocycles. The molecule has 1 atom stereocenters. The Morgan fingerprint density at radius 2 is 1.84 bits per heavy atom. The van der Waals surface area contributed by atoms with Crippen molar-refractivity contribution >= 4 is 46.7 Å². The number of imide groups is 1. The van der Waals surface area contributed by atoms with Crippen molar-refractivity contribution in [1.82, 2.24) is 30.3 Å². The van der Waals surface area contributed by atoms with Gasteiger partial charge in [0.2, 0.25) is 11.8 Å². The lowest BCUT2D eigenvalue weighted by molar-refractivity contribution is -0.136. The Balaban J connectivity index is 0.897. The minimum Gasteiger partial charge on any atom is -0.420 e. The van der Waals surface area contributed by atoms with Gasteiger partial charge in [0.25, 0.3) is 11.8 Å². The molecule has 3 aliphatic rings. The summed E-state index contributed by atoms with van der Waals surface area (Å²) in [4.78, 5) is 61.1. The van der Waals surface area contributed by atoms with E-state index in [-0.39, 0.29) is 24.0 Å². The van der Waals surface area contributed by atoms with Gasteiger partial charge in [-0.25, -0.2) is 4.98 Å². The van der Waals surface area contributed by atoms with Crippen molar-refractivity contribution in [1.29, 1.82) is 0 Å². The molecular weight excluding hydrogens is 734 g/mol. The molecule has 5 heterocycles. The highest BCUT2D eigenvalue weighted by atomic mass is 35.5. The number of aromatic nitrogens is 3. The molecule has 7 rings (SSSR count). The number of amides is 4. The lowest BCUT2D eigenvalue weighted by atomic mass is 10.0. The van der Waals surface area contributed by atoms with Gasteiger partial charge in [0.15, 0.2) is 0 Å². The molecule has 284 valence electrons. The van der Waals surface area contributed by atoms with Crippen molar-refractivity contribution in [2.75, 3.05) is 42.9 Å². The summed E-state index contributed by atoms with van der Waals surface area (Å²) in [5.74, 6) is 5.72. The Morgan fingerprint density at radius 3 is 2.56 bits per heavy atom. The zero-order valence-electron chi connectivity index (χ0n) is 29.6. The first-order valence-electron chi connectivity index (χ1n) is 17.9. The molecule has 4 amide bonds. The summed E-state index contributed by atoms with van der Waals surface area (Å²) in [6, 6.07) is 13.8. The number of piperazine rings is 1. The average Bonchev–Trinajstić information content (AvgIpc) is 3.82. The standard InChI is InChI=1S/C39H37ClF2N8O5/c40-39(41,42)55-28-11-9-27(10-12-28)45-36(52)26-22-30(32-15-16-44-47-32)35(43-23-26)49-20-18-48(19-21-49)17-4-2-1-3-6-25-7-5-8-29-31(25)24-50(38(29)54)33-13-14-34(51)46-37(33)53/h5,7-12,15-16,22-23,33H,1-2,4,13-14,17-21,24H2,(H,44,47)(H,45,52)(H,46,51,53). The first kappa shape index (κ1) is 37.5. The number of nitrogens with one attached hydrogen (secondary N) is 3. The van der Waals surface area contributed by atoms with Crippen molar-refractivity contribution in [2.24, 2.45) is 0 Å². The van der Waals surface area contributed by atoms with E-state index in [4.69, 9.17) is 16.6 Å². The molecule has 1 unspecified atom stereocenters. The van der Waals surface area contributed by atoms with E-state index in [1.54, 1.807) is 23.2 Å². The molecule has 16 heteroatoms. The summed E-state index contributed by atoms with van der Waals surface area (Å²) in [6.07, 6.45) is 6.27. The van der Waals surface area contributed by atoms with Gasteiger partial charge in [-0.15, -0.1) is 8.78 Å². The van der Waals surface area contributed by atoms with Crippen molar-refractivity contribution < 1.29 is 32.7 Å². The fraction of sp³-hybridized carbons (Fsp3) is 0.333. The number of piperidine rings is 1. The first-order chi connectivity index (χ1) is 26.5. The highest BCUT2D eigenvalue weighted by Gasteiger charge is 2.39. The smallest absolute Gasteiger partial charge is 0.420 e. The summed E-state index contributed by atoms with van der Waals surface area (Å²) in [5, 5.41) is 12.1. The Bertz CT molecular complexity index is 2140. The summed E-state index contributed by atoms with van der Waals surface area (Å²) < 4.78 is 30.2. The third-order valence-electron chi connectivity index (χ3n) is 9.77. The quantitative estimate of drug-likeness (QED) is 0.0829. The molecule has 55 heavy (non-hydrogen) atoms. The largest absolute Gasteiger partial charge is 0.487 e. The number of unbranched alkanes of at least 4 members (excludes halogenated alkanes) is 2. The maximum Gasteiger partial charge on any atom is 0.487 e. The number of nitrogens with zero attached hydrogens (tertiary/aromatic N) is 5. The number of aromatic amines is 1. The zero-order valence-corrected chi connectivity index (χ0v) is 30.4. The van der Waals surface area contributed by atoms with Crippen LogP contribution in [0.1, 0.15) is 63.9 Å². The number of H-pyrrole nitrogens is 1. The van der Waals surface area contributed by atoms with Crippen molar-refractivity contribution in [2.45, 2.75) is 50.3 Å². The molecular formula is C39H37ClF2N8O5. The zero-order chi connectivity index (χ0) is 38.5. The van der Waals surface area contributed by atoms with Crippen LogP contribution >= 0.6 is 11.6 Å². The van der Waals surface area contributed by atoms with Gasteiger partial charge >= 0.3 is 5.57 Å². The van der Waals surface area contributed by atoms with Crippen LogP contribution in [0.4, 0.5) is 20.3 Å². The van der Waals surface area contributed by atoms with E-state index in [0.29, 0.717) is 41.9 Å². The van der Waals surface area contributed by atoms with Gasteiger partial charge in [0.05, 0.1) is 11.3 Å². The molecule has 0 aliphatic carbocycles. The monoisotopic (exact) mass is 770 g/mol. The third kappa shape index (κ3) is 8.93. The van der Waals surface area contributed by atoms with Gasteiger partial charge in [-0.1, -0.05) is 17.9 Å². The van der Waals surface area contributed by atoms with E-state index in [1.165, 1.54) is 30.5 Å². The van der Waals surface area contributed by atoms with Gasteiger partial charge in [0.1, 0.15) is 17.6 Å². The van der Waals surface area contributed by atoms with Crippen LogP contribution < -0.4 is 20.3 Å². The number of halogens is 3. The molecule has 2 aromatic heterocycles. The van der Waals surface area contributed by atoms with Crippen LogP contribution in [0.3, 0.4) is 0 Å². The van der Waals surface area contributed by atoms with Crippen LogP contribution in [0, 0.1) is 11.8 Å². The van der Waals surface area contributed by atoms with Crippen LogP contribution in [0.25, 0.3) is 11.3 Å². The minimum atomic E-state index is -3.84. The molecule has 0 saturated carbocycles. The topological polar surface area (TPSA) is 153 Å². The molecule has 4 aromatic rings. The van der Waals surface area contributed by atoms with E-state index in [1.807, 2.05) is 18.2 Å². The predicted octanol–water partition coefficient (Wildman–Crippen LogP) is 5.00. The summed E-state index contributed by atoms with van der Waals surface area (Å²) in [5.41, 5.74) is 0.448. The van der Waals surface area contributed by atoms with Gasteiger partial charge in [0, 0.05) is 91.9 Å². The van der Waals surface area contributed by atoms with E-state index >= 15 is 0 Å². The number of fused-ring (bicyclic) bond motifs is 1. The van der Waals surface area contributed by atoms with Crippen LogP contribution in [0.5, 0.6) is 5.75 Å². The number of benzene rings is 2. The molecule has 13 nitrogen and oxygen atoms in total. The second-order valence-corrected chi connectivity index (χ2v) is 13.9.